The molecule has 1 saturated heterocycles. The van der Waals surface area contributed by atoms with Gasteiger partial charge in [0.2, 0.25) is 0 Å². The first-order chi connectivity index (χ1) is 9.01. The number of aliphatic hydroxyl groups excluding tert-OH is 1. The summed E-state index contributed by atoms with van der Waals surface area (Å²) >= 11 is 0. The van der Waals surface area contributed by atoms with Crippen molar-refractivity contribution in [3.05, 3.63) is 23.4 Å². The first kappa shape index (κ1) is 13.8. The molecule has 104 valence electrons. The highest BCUT2D eigenvalue weighted by Gasteiger charge is 2.26. The van der Waals surface area contributed by atoms with Gasteiger partial charge in [0.1, 0.15) is 5.82 Å². The highest BCUT2D eigenvalue weighted by molar-refractivity contribution is 5.95. The molecule has 2 heterocycles. The Labute approximate surface area is 113 Å². The van der Waals surface area contributed by atoms with E-state index in [1.807, 2.05) is 19.9 Å². The average molecular weight is 263 g/mol. The van der Waals surface area contributed by atoms with Gasteiger partial charge in [-0.1, -0.05) is 13.8 Å². The zero-order valence-corrected chi connectivity index (χ0v) is 11.5. The number of aromatic nitrogens is 1. The summed E-state index contributed by atoms with van der Waals surface area (Å²) in [5.74, 6) is 0.797. The zero-order chi connectivity index (χ0) is 14.0. The van der Waals surface area contributed by atoms with Crippen molar-refractivity contribution in [1.29, 1.82) is 0 Å². The molecule has 0 radical (unpaired) electrons. The van der Waals surface area contributed by atoms with Gasteiger partial charge >= 0.3 is 0 Å². The topological polar surface area (TPSA) is 79.5 Å². The van der Waals surface area contributed by atoms with Crippen molar-refractivity contribution in [1.82, 2.24) is 9.88 Å². The molecule has 1 aliphatic heterocycles. The largest absolute Gasteiger partial charge is 0.396 e. The summed E-state index contributed by atoms with van der Waals surface area (Å²) in [6.45, 7) is 5.50. The second-order valence-electron chi connectivity index (χ2n) is 5.45. The first-order valence-corrected chi connectivity index (χ1v) is 6.69. The van der Waals surface area contributed by atoms with Crippen LogP contribution in [0, 0.1) is 5.92 Å². The smallest absolute Gasteiger partial charge is 0.254 e. The molecule has 0 aliphatic carbocycles. The monoisotopic (exact) mass is 263 g/mol. The number of anilines is 1. The van der Waals surface area contributed by atoms with E-state index in [1.54, 1.807) is 11.0 Å². The van der Waals surface area contributed by atoms with Crippen molar-refractivity contribution >= 4 is 11.7 Å². The molecule has 3 N–H and O–H groups in total. The van der Waals surface area contributed by atoms with Crippen LogP contribution in [0.15, 0.2) is 12.1 Å². The number of carbonyl (C=O) groups is 1. The Morgan fingerprint density at radius 1 is 1.58 bits per heavy atom. The number of nitrogen functional groups attached to an aromatic ring is 1. The van der Waals surface area contributed by atoms with Crippen LogP contribution >= 0.6 is 0 Å². The number of hydrogen-bond donors (Lipinski definition) is 2. The molecule has 1 atom stereocenters. The Bertz CT molecular complexity index is 474. The molecular formula is C14H21N3O2. The number of carbonyl (C=O) groups excluding carboxylic acids is 1. The predicted molar refractivity (Wildman–Crippen MR) is 73.8 cm³/mol. The Morgan fingerprint density at radius 2 is 2.32 bits per heavy atom. The summed E-state index contributed by atoms with van der Waals surface area (Å²) in [6, 6.07) is 3.44. The number of hydrogen-bond acceptors (Lipinski definition) is 4. The summed E-state index contributed by atoms with van der Waals surface area (Å²) < 4.78 is 0. The van der Waals surface area contributed by atoms with Crippen molar-refractivity contribution in [2.45, 2.75) is 26.2 Å². The summed E-state index contributed by atoms with van der Waals surface area (Å²) in [6.07, 6.45) is 0.861. The van der Waals surface area contributed by atoms with Gasteiger partial charge in [-0.3, -0.25) is 4.79 Å². The minimum Gasteiger partial charge on any atom is -0.396 e. The van der Waals surface area contributed by atoms with Crippen molar-refractivity contribution in [2.24, 2.45) is 5.92 Å². The van der Waals surface area contributed by atoms with Crippen molar-refractivity contribution in [2.75, 3.05) is 25.4 Å². The molecule has 1 aromatic rings. The number of rotatable bonds is 3. The maximum Gasteiger partial charge on any atom is 0.254 e. The van der Waals surface area contributed by atoms with Crippen molar-refractivity contribution in [3.63, 3.8) is 0 Å². The van der Waals surface area contributed by atoms with Crippen LogP contribution in [0.5, 0.6) is 0 Å². The van der Waals surface area contributed by atoms with E-state index in [0.717, 1.165) is 12.1 Å². The molecule has 5 nitrogen and oxygen atoms in total. The van der Waals surface area contributed by atoms with Crippen LogP contribution in [0.4, 0.5) is 5.82 Å². The lowest BCUT2D eigenvalue weighted by molar-refractivity contribution is 0.0781. The van der Waals surface area contributed by atoms with Gasteiger partial charge in [-0.2, -0.15) is 0 Å². The van der Waals surface area contributed by atoms with Crippen LogP contribution in [-0.2, 0) is 0 Å². The third kappa shape index (κ3) is 3.04. The van der Waals surface area contributed by atoms with Gasteiger partial charge in [0.25, 0.3) is 5.91 Å². The van der Waals surface area contributed by atoms with Crippen LogP contribution in [0.2, 0.25) is 0 Å². The lowest BCUT2D eigenvalue weighted by atomic mass is 10.1. The molecule has 0 spiro atoms. The molecule has 1 aromatic heterocycles. The van der Waals surface area contributed by atoms with Crippen molar-refractivity contribution in [3.8, 4) is 0 Å². The van der Waals surface area contributed by atoms with Gasteiger partial charge in [-0.25, -0.2) is 4.98 Å². The van der Waals surface area contributed by atoms with E-state index in [0.29, 0.717) is 24.5 Å². The molecule has 0 aromatic carbocycles. The lowest BCUT2D eigenvalue weighted by Gasteiger charge is -2.17. The maximum atomic E-state index is 12.4. The summed E-state index contributed by atoms with van der Waals surface area (Å²) in [4.78, 5) is 18.4. The van der Waals surface area contributed by atoms with Crippen LogP contribution in [0.1, 0.15) is 42.2 Å². The second kappa shape index (κ2) is 5.57. The van der Waals surface area contributed by atoms with Gasteiger partial charge in [0, 0.05) is 36.9 Å². The van der Waals surface area contributed by atoms with E-state index in [-0.39, 0.29) is 24.3 Å². The number of amides is 1. The summed E-state index contributed by atoms with van der Waals surface area (Å²) in [5, 5.41) is 9.13. The number of pyridine rings is 1. The Morgan fingerprint density at radius 3 is 2.89 bits per heavy atom. The number of nitrogens with zero attached hydrogens (tertiary/aromatic N) is 2. The number of nitrogens with two attached hydrogens (primary N) is 1. The van der Waals surface area contributed by atoms with Gasteiger partial charge in [-0.05, 0) is 24.5 Å². The molecule has 1 fully saturated rings. The molecule has 0 saturated carbocycles. The zero-order valence-electron chi connectivity index (χ0n) is 11.5. The molecule has 1 aliphatic rings. The average Bonchev–Trinajstić information content (AvgIpc) is 2.85. The quantitative estimate of drug-likeness (QED) is 0.860. The summed E-state index contributed by atoms with van der Waals surface area (Å²) in [7, 11) is 0. The molecule has 1 unspecified atom stereocenters. The fourth-order valence-corrected chi connectivity index (χ4v) is 2.34. The normalized spacial score (nSPS) is 19.2. The molecule has 5 heteroatoms. The van der Waals surface area contributed by atoms with Gasteiger partial charge < -0.3 is 15.7 Å². The SMILES string of the molecule is CC(C)c1cc(C(=O)N2CCC(CO)C2)cc(N)n1. The maximum absolute atomic E-state index is 12.4. The first-order valence-electron chi connectivity index (χ1n) is 6.69. The van der Waals surface area contributed by atoms with E-state index >= 15 is 0 Å². The fourth-order valence-electron chi connectivity index (χ4n) is 2.34. The molecule has 2 rings (SSSR count). The molecule has 0 bridgehead atoms. The van der Waals surface area contributed by atoms with E-state index in [1.165, 1.54) is 0 Å². The second-order valence-corrected chi connectivity index (χ2v) is 5.45. The summed E-state index contributed by atoms with van der Waals surface area (Å²) in [5.41, 5.74) is 7.19. The fraction of sp³-hybridized carbons (Fsp3) is 0.571. The van der Waals surface area contributed by atoms with Gasteiger partial charge in [-0.15, -0.1) is 0 Å². The molecule has 1 amide bonds. The highest BCUT2D eigenvalue weighted by Crippen LogP contribution is 2.21. The standard InChI is InChI=1S/C14H21N3O2/c1-9(2)12-5-11(6-13(15)16-12)14(19)17-4-3-10(7-17)8-18/h5-6,9-10,18H,3-4,7-8H2,1-2H3,(H2,15,16). The number of likely N-dealkylation sites (tertiary alicyclic amines) is 1. The highest BCUT2D eigenvalue weighted by atomic mass is 16.3. The minimum absolute atomic E-state index is 0.0213. The minimum atomic E-state index is -0.0213. The molecular weight excluding hydrogens is 242 g/mol. The third-order valence-corrected chi connectivity index (χ3v) is 3.53. The predicted octanol–water partition coefficient (Wildman–Crippen LogP) is 1.24. The lowest BCUT2D eigenvalue weighted by Crippen LogP contribution is -2.29. The van der Waals surface area contributed by atoms with Crippen LogP contribution < -0.4 is 5.73 Å². The number of aliphatic hydroxyl groups is 1. The van der Waals surface area contributed by atoms with E-state index in [2.05, 4.69) is 4.98 Å². The van der Waals surface area contributed by atoms with Crippen LogP contribution in [-0.4, -0.2) is 40.6 Å². The van der Waals surface area contributed by atoms with Crippen LogP contribution in [0.25, 0.3) is 0 Å². The molecule has 19 heavy (non-hydrogen) atoms. The Hall–Kier alpha value is -1.62. The van der Waals surface area contributed by atoms with E-state index in [4.69, 9.17) is 10.8 Å². The van der Waals surface area contributed by atoms with Gasteiger partial charge in [0.15, 0.2) is 0 Å². The van der Waals surface area contributed by atoms with Crippen LogP contribution in [0.3, 0.4) is 0 Å². The van der Waals surface area contributed by atoms with E-state index < -0.39 is 0 Å². The van der Waals surface area contributed by atoms with E-state index in [9.17, 15) is 4.79 Å². The Balaban J connectivity index is 2.19. The third-order valence-electron chi connectivity index (χ3n) is 3.53. The van der Waals surface area contributed by atoms with Crippen molar-refractivity contribution < 1.29 is 9.90 Å². The van der Waals surface area contributed by atoms with Gasteiger partial charge in [0.05, 0.1) is 0 Å². The Kier molecular flexibility index (Phi) is 4.04.